The van der Waals surface area contributed by atoms with Gasteiger partial charge in [-0.2, -0.15) is 13.2 Å². The van der Waals surface area contributed by atoms with Gasteiger partial charge in [0.05, 0.1) is 12.1 Å². The third-order valence-electron chi connectivity index (χ3n) is 4.33. The first-order chi connectivity index (χ1) is 12.4. The Morgan fingerprint density at radius 2 is 2.12 bits per heavy atom. The molecule has 1 fully saturated rings. The van der Waals surface area contributed by atoms with Crippen LogP contribution in [0.5, 0.6) is 0 Å². The molecule has 0 bridgehead atoms. The first-order valence-electron chi connectivity index (χ1n) is 8.56. The monoisotopic (exact) mass is 363 g/mol. The molecule has 26 heavy (non-hydrogen) atoms. The number of rotatable bonds is 4. The van der Waals surface area contributed by atoms with Gasteiger partial charge < -0.3 is 10.2 Å². The number of halogens is 3. The van der Waals surface area contributed by atoms with E-state index < -0.39 is 11.7 Å². The number of nitrogens with zero attached hydrogens (tertiary/aromatic N) is 2. The Bertz CT molecular complexity index is 766. The number of aliphatic imine (C=N–C) groups is 1. The lowest BCUT2D eigenvalue weighted by Gasteiger charge is -2.15. The smallest absolute Gasteiger partial charge is 0.343 e. The van der Waals surface area contributed by atoms with Crippen LogP contribution in [0, 0.1) is 0 Å². The number of alkyl halides is 3. The van der Waals surface area contributed by atoms with Gasteiger partial charge in [0.2, 0.25) is 5.91 Å². The lowest BCUT2D eigenvalue weighted by Crippen LogP contribution is -2.28. The maximum Gasteiger partial charge on any atom is 0.416 e. The van der Waals surface area contributed by atoms with Crippen molar-refractivity contribution in [3.05, 3.63) is 53.6 Å². The molecule has 0 aliphatic carbocycles. The first-order valence-corrected chi connectivity index (χ1v) is 8.56. The summed E-state index contributed by atoms with van der Waals surface area (Å²) in [4.78, 5) is 17.9. The fourth-order valence-corrected chi connectivity index (χ4v) is 2.97. The van der Waals surface area contributed by atoms with Crippen LogP contribution in [0.3, 0.4) is 0 Å². The maximum atomic E-state index is 12.9. The molecule has 1 amide bonds. The zero-order valence-electron chi connectivity index (χ0n) is 14.2. The normalized spacial score (nSPS) is 19.5. The van der Waals surface area contributed by atoms with Crippen molar-refractivity contribution in [1.82, 2.24) is 10.2 Å². The number of likely N-dealkylation sites (tertiary alicyclic amines) is 1. The number of hydrogen-bond acceptors (Lipinski definition) is 2. The van der Waals surface area contributed by atoms with Crippen molar-refractivity contribution >= 4 is 17.4 Å². The van der Waals surface area contributed by atoms with Crippen LogP contribution in [0.25, 0.3) is 5.70 Å². The van der Waals surface area contributed by atoms with Crippen LogP contribution in [-0.4, -0.2) is 36.3 Å². The fourth-order valence-electron chi connectivity index (χ4n) is 2.97. The van der Waals surface area contributed by atoms with Crippen molar-refractivity contribution in [3.63, 3.8) is 0 Å². The van der Waals surface area contributed by atoms with E-state index in [9.17, 15) is 18.0 Å². The van der Waals surface area contributed by atoms with Crippen molar-refractivity contribution in [2.24, 2.45) is 4.99 Å². The molecule has 0 atom stereocenters. The number of amidine groups is 1. The number of carbonyl (C=O) groups excluding carboxylic acids is 1. The largest absolute Gasteiger partial charge is 0.416 e. The molecule has 7 heteroatoms. The van der Waals surface area contributed by atoms with E-state index in [2.05, 4.69) is 10.3 Å². The predicted molar refractivity (Wildman–Crippen MR) is 94.4 cm³/mol. The van der Waals surface area contributed by atoms with Gasteiger partial charge in [0.15, 0.2) is 0 Å². The standard InChI is InChI=1S/C19H20F3N3O/c20-19(21,22)15-6-3-5-14(13-15)16-7-1-2-8-17(24-16)23-10-12-25-11-4-9-18(25)26/h1-3,5-7,13H,4,8-12H2,(H,23,24). The minimum absolute atomic E-state index is 0.156. The molecule has 0 unspecified atom stereocenters. The summed E-state index contributed by atoms with van der Waals surface area (Å²) >= 11 is 0. The molecule has 2 aliphatic heterocycles. The van der Waals surface area contributed by atoms with Gasteiger partial charge in [-0.1, -0.05) is 24.3 Å². The quantitative estimate of drug-likeness (QED) is 0.888. The number of benzene rings is 1. The number of nitrogens with one attached hydrogen (secondary N) is 1. The second-order valence-corrected chi connectivity index (χ2v) is 6.23. The van der Waals surface area contributed by atoms with Gasteiger partial charge in [-0.05, 0) is 30.2 Å². The van der Waals surface area contributed by atoms with Gasteiger partial charge in [-0.25, -0.2) is 0 Å². The molecule has 0 saturated carbocycles. The Labute approximate surface area is 150 Å². The highest BCUT2D eigenvalue weighted by molar-refractivity contribution is 5.93. The molecule has 3 rings (SSSR count). The van der Waals surface area contributed by atoms with Crippen molar-refractivity contribution in [1.29, 1.82) is 0 Å². The van der Waals surface area contributed by atoms with E-state index in [4.69, 9.17) is 0 Å². The lowest BCUT2D eigenvalue weighted by atomic mass is 10.1. The van der Waals surface area contributed by atoms with E-state index in [1.807, 2.05) is 6.08 Å². The van der Waals surface area contributed by atoms with Gasteiger partial charge in [0.25, 0.3) is 0 Å². The zero-order valence-corrected chi connectivity index (χ0v) is 14.2. The van der Waals surface area contributed by atoms with E-state index in [1.54, 1.807) is 23.1 Å². The maximum absolute atomic E-state index is 12.9. The molecule has 138 valence electrons. The Morgan fingerprint density at radius 3 is 2.85 bits per heavy atom. The van der Waals surface area contributed by atoms with Crippen LogP contribution in [0.15, 0.2) is 47.5 Å². The zero-order chi connectivity index (χ0) is 18.6. The van der Waals surface area contributed by atoms with Crippen LogP contribution in [0.1, 0.15) is 30.4 Å². The molecule has 1 saturated heterocycles. The molecule has 0 radical (unpaired) electrons. The molecule has 1 aromatic rings. The highest BCUT2D eigenvalue weighted by atomic mass is 19.4. The number of amides is 1. The number of allylic oxidation sites excluding steroid dienone is 2. The first kappa shape index (κ1) is 18.2. The average molecular weight is 363 g/mol. The molecular formula is C19H20F3N3O. The molecule has 0 spiro atoms. The molecule has 2 aliphatic rings. The van der Waals surface area contributed by atoms with Crippen LogP contribution < -0.4 is 5.32 Å². The van der Waals surface area contributed by atoms with Crippen LogP contribution >= 0.6 is 0 Å². The van der Waals surface area contributed by atoms with Crippen molar-refractivity contribution in [2.75, 3.05) is 19.6 Å². The summed E-state index contributed by atoms with van der Waals surface area (Å²) in [6.45, 7) is 1.81. The Balaban J connectivity index is 1.69. The highest BCUT2D eigenvalue weighted by Crippen LogP contribution is 2.30. The minimum Gasteiger partial charge on any atom is -0.343 e. The summed E-state index contributed by atoms with van der Waals surface area (Å²) in [7, 11) is 0. The van der Waals surface area contributed by atoms with E-state index in [1.165, 1.54) is 6.07 Å². The molecule has 2 heterocycles. The lowest BCUT2D eigenvalue weighted by molar-refractivity contribution is -0.137. The van der Waals surface area contributed by atoms with Gasteiger partial charge in [0.1, 0.15) is 5.84 Å². The average Bonchev–Trinajstić information content (AvgIpc) is 2.87. The predicted octanol–water partition coefficient (Wildman–Crippen LogP) is 3.62. The van der Waals surface area contributed by atoms with Crippen molar-refractivity contribution in [2.45, 2.75) is 25.4 Å². The van der Waals surface area contributed by atoms with Crippen LogP contribution in [0.4, 0.5) is 13.2 Å². The second-order valence-electron chi connectivity index (χ2n) is 6.23. The minimum atomic E-state index is -4.38. The van der Waals surface area contributed by atoms with Crippen molar-refractivity contribution < 1.29 is 18.0 Å². The summed E-state index contributed by atoms with van der Waals surface area (Å²) in [5.41, 5.74) is 0.339. The van der Waals surface area contributed by atoms with Gasteiger partial charge in [-0.15, -0.1) is 0 Å². The summed E-state index contributed by atoms with van der Waals surface area (Å²) in [5.74, 6) is 0.831. The fraction of sp³-hybridized carbons (Fsp3) is 0.368. The van der Waals surface area contributed by atoms with Crippen molar-refractivity contribution in [3.8, 4) is 0 Å². The third-order valence-corrected chi connectivity index (χ3v) is 4.33. The summed E-state index contributed by atoms with van der Waals surface area (Å²) < 4.78 is 38.8. The summed E-state index contributed by atoms with van der Waals surface area (Å²) in [5, 5.41) is 3.13. The molecule has 1 aromatic carbocycles. The number of carbonyl (C=O) groups is 1. The van der Waals surface area contributed by atoms with E-state index in [0.717, 1.165) is 25.1 Å². The van der Waals surface area contributed by atoms with Gasteiger partial charge in [0, 0.05) is 31.6 Å². The van der Waals surface area contributed by atoms with Crippen LogP contribution in [-0.2, 0) is 11.0 Å². The molecule has 4 nitrogen and oxygen atoms in total. The molecule has 0 aromatic heterocycles. The summed E-state index contributed by atoms with van der Waals surface area (Å²) in [6, 6.07) is 5.20. The van der Waals surface area contributed by atoms with Crippen LogP contribution in [0.2, 0.25) is 0 Å². The van der Waals surface area contributed by atoms with Gasteiger partial charge >= 0.3 is 6.18 Å². The SMILES string of the molecule is O=C1CCCN1CCN=C1CC=CC=C(c2cccc(C(F)(F)F)c2)N1. The van der Waals surface area contributed by atoms with E-state index in [-0.39, 0.29) is 5.91 Å². The van der Waals surface area contributed by atoms with E-state index >= 15 is 0 Å². The summed E-state index contributed by atoms with van der Waals surface area (Å²) in [6.07, 6.45) is 3.10. The third kappa shape index (κ3) is 4.53. The topological polar surface area (TPSA) is 44.7 Å². The Hall–Kier alpha value is -2.57. The highest BCUT2D eigenvalue weighted by Gasteiger charge is 2.30. The second kappa shape index (κ2) is 7.76. The van der Waals surface area contributed by atoms with E-state index in [0.29, 0.717) is 43.0 Å². The van der Waals surface area contributed by atoms with Gasteiger partial charge in [-0.3, -0.25) is 9.79 Å². The Morgan fingerprint density at radius 1 is 1.27 bits per heavy atom. The Kier molecular flexibility index (Phi) is 5.44. The number of hydrogen-bond donors (Lipinski definition) is 1. The molecule has 1 N–H and O–H groups in total. The molecular weight excluding hydrogens is 343 g/mol.